The second-order valence-corrected chi connectivity index (χ2v) is 8.77. The van der Waals surface area contributed by atoms with Gasteiger partial charge in [-0.05, 0) is 43.2 Å². The predicted molar refractivity (Wildman–Crippen MR) is 112 cm³/mol. The molecule has 2 heterocycles. The van der Waals surface area contributed by atoms with Crippen LogP contribution in [0.4, 0.5) is 0 Å². The first kappa shape index (κ1) is 20.8. The number of rotatable bonds is 7. The van der Waals surface area contributed by atoms with Gasteiger partial charge in [-0.25, -0.2) is 0 Å². The molecule has 0 bridgehead atoms. The van der Waals surface area contributed by atoms with Gasteiger partial charge in [0.15, 0.2) is 0 Å². The van der Waals surface area contributed by atoms with Gasteiger partial charge >= 0.3 is 0 Å². The van der Waals surface area contributed by atoms with E-state index < -0.39 is 0 Å². The van der Waals surface area contributed by atoms with Gasteiger partial charge in [0.05, 0.1) is 5.92 Å². The molecule has 1 N–H and O–H groups in total. The fourth-order valence-corrected chi connectivity index (χ4v) is 4.51. The van der Waals surface area contributed by atoms with E-state index in [-0.39, 0.29) is 23.8 Å². The van der Waals surface area contributed by atoms with Crippen LogP contribution in [0.15, 0.2) is 24.3 Å². The number of nitrogens with one attached hydrogen (secondary N) is 1. The quantitative estimate of drug-likeness (QED) is 0.735. The molecule has 1 aromatic rings. The Hall–Kier alpha value is -1.88. The largest absolute Gasteiger partial charge is 0.356 e. The fraction of sp³-hybridized carbons (Fsp3) is 0.652. The van der Waals surface area contributed by atoms with Crippen molar-refractivity contribution in [1.82, 2.24) is 15.1 Å². The van der Waals surface area contributed by atoms with E-state index in [1.807, 2.05) is 11.8 Å². The number of carbonyl (C=O) groups is 2. The molecule has 0 aliphatic carbocycles. The molecular weight excluding hydrogens is 350 g/mol. The number of piperidine rings is 1. The lowest BCUT2D eigenvalue weighted by Crippen LogP contribution is -2.52. The summed E-state index contributed by atoms with van der Waals surface area (Å²) in [6.45, 7) is 10.8. The summed E-state index contributed by atoms with van der Waals surface area (Å²) in [6, 6.07) is 8.67. The van der Waals surface area contributed by atoms with Crippen LogP contribution in [0.3, 0.4) is 0 Å². The molecule has 5 nitrogen and oxygen atoms in total. The van der Waals surface area contributed by atoms with Crippen LogP contribution in [-0.4, -0.2) is 53.8 Å². The van der Waals surface area contributed by atoms with Gasteiger partial charge in [0.1, 0.15) is 0 Å². The predicted octanol–water partition coefficient (Wildman–Crippen LogP) is 2.83. The van der Waals surface area contributed by atoms with E-state index >= 15 is 0 Å². The minimum atomic E-state index is -0.0849. The van der Waals surface area contributed by atoms with Crippen LogP contribution in [0, 0.1) is 11.8 Å². The third-order valence-electron chi connectivity index (χ3n) is 6.12. The summed E-state index contributed by atoms with van der Waals surface area (Å²) in [5, 5.41) is 3.13. The molecule has 0 aromatic heterocycles. The van der Waals surface area contributed by atoms with Gasteiger partial charge in [0.2, 0.25) is 11.8 Å². The Morgan fingerprint density at radius 2 is 1.96 bits per heavy atom. The summed E-state index contributed by atoms with van der Waals surface area (Å²) < 4.78 is 0. The van der Waals surface area contributed by atoms with Gasteiger partial charge in [-0.3, -0.25) is 14.5 Å². The van der Waals surface area contributed by atoms with Gasteiger partial charge in [0, 0.05) is 45.2 Å². The first-order valence-electron chi connectivity index (χ1n) is 10.8. The van der Waals surface area contributed by atoms with Gasteiger partial charge in [-0.2, -0.15) is 0 Å². The smallest absolute Gasteiger partial charge is 0.225 e. The van der Waals surface area contributed by atoms with Crippen LogP contribution in [0.25, 0.3) is 0 Å². The first-order chi connectivity index (χ1) is 13.5. The number of fused-ring (bicyclic) bond motifs is 1. The maximum atomic E-state index is 12.7. The Morgan fingerprint density at radius 1 is 1.21 bits per heavy atom. The summed E-state index contributed by atoms with van der Waals surface area (Å²) in [5.74, 6) is 0.634. The van der Waals surface area contributed by atoms with Crippen LogP contribution in [-0.2, 0) is 22.6 Å². The van der Waals surface area contributed by atoms with Crippen molar-refractivity contribution in [3.8, 4) is 0 Å². The highest BCUT2D eigenvalue weighted by Crippen LogP contribution is 2.25. The highest BCUT2D eigenvalue weighted by atomic mass is 16.2. The molecule has 2 atom stereocenters. The van der Waals surface area contributed by atoms with Crippen LogP contribution in [0.1, 0.15) is 51.2 Å². The number of benzene rings is 1. The zero-order valence-corrected chi connectivity index (χ0v) is 17.6. The first-order valence-corrected chi connectivity index (χ1v) is 10.8. The van der Waals surface area contributed by atoms with Crippen molar-refractivity contribution in [3.63, 3.8) is 0 Å². The highest BCUT2D eigenvalue weighted by Gasteiger charge is 2.36. The minimum Gasteiger partial charge on any atom is -0.356 e. The number of carbonyl (C=O) groups excluding carboxylic acids is 2. The van der Waals surface area contributed by atoms with Gasteiger partial charge in [-0.1, -0.05) is 38.1 Å². The van der Waals surface area contributed by atoms with Crippen molar-refractivity contribution in [2.24, 2.45) is 11.8 Å². The molecule has 2 amide bonds. The molecule has 5 heteroatoms. The fourth-order valence-electron chi connectivity index (χ4n) is 4.51. The van der Waals surface area contributed by atoms with E-state index in [4.69, 9.17) is 0 Å². The summed E-state index contributed by atoms with van der Waals surface area (Å²) in [6.07, 6.45) is 3.23. The molecular formula is C23H35N3O2. The Morgan fingerprint density at radius 3 is 2.71 bits per heavy atom. The normalized spacial score (nSPS) is 23.0. The van der Waals surface area contributed by atoms with Crippen LogP contribution in [0.5, 0.6) is 0 Å². The average molecular weight is 386 g/mol. The third-order valence-corrected chi connectivity index (χ3v) is 6.12. The Labute approximate surface area is 169 Å². The molecule has 1 saturated heterocycles. The molecule has 2 unspecified atom stereocenters. The Bertz CT molecular complexity index is 688. The summed E-state index contributed by atoms with van der Waals surface area (Å²) in [4.78, 5) is 29.3. The third kappa shape index (κ3) is 5.13. The highest BCUT2D eigenvalue weighted by molar-refractivity contribution is 5.84. The molecule has 154 valence electrons. The van der Waals surface area contributed by atoms with Crippen molar-refractivity contribution >= 4 is 11.8 Å². The number of hydrogen-bond acceptors (Lipinski definition) is 3. The minimum absolute atomic E-state index is 0.0118. The lowest BCUT2D eigenvalue weighted by molar-refractivity contribution is -0.143. The molecule has 0 spiro atoms. The van der Waals surface area contributed by atoms with Crippen LogP contribution in [0.2, 0.25) is 0 Å². The molecule has 2 aliphatic rings. The van der Waals surface area contributed by atoms with E-state index in [1.54, 1.807) is 0 Å². The SMILES string of the molecule is CC(C)CN1C(=O)CCC(C(=O)NCCCN2CCc3ccccc3C2)C1C. The zero-order chi connectivity index (χ0) is 20.1. The standard InChI is InChI=1S/C23H35N3O2/c1-17(2)15-26-18(3)21(9-10-22(26)27)23(28)24-12-6-13-25-14-11-19-7-4-5-8-20(19)16-25/h4-5,7-8,17-18,21H,6,9-16H2,1-3H3,(H,24,28). The van der Waals surface area contributed by atoms with E-state index in [0.29, 0.717) is 25.3 Å². The van der Waals surface area contributed by atoms with Crippen molar-refractivity contribution < 1.29 is 9.59 Å². The molecule has 3 rings (SSSR count). The lowest BCUT2D eigenvalue weighted by atomic mass is 9.88. The summed E-state index contributed by atoms with van der Waals surface area (Å²) in [5.41, 5.74) is 2.91. The van der Waals surface area contributed by atoms with Crippen molar-refractivity contribution in [2.45, 2.75) is 59.0 Å². The second kappa shape index (κ2) is 9.55. The molecule has 1 fully saturated rings. The molecule has 2 aliphatic heterocycles. The van der Waals surface area contributed by atoms with Gasteiger partial charge in [0.25, 0.3) is 0 Å². The zero-order valence-electron chi connectivity index (χ0n) is 17.6. The summed E-state index contributed by atoms with van der Waals surface area (Å²) >= 11 is 0. The van der Waals surface area contributed by atoms with E-state index in [9.17, 15) is 9.59 Å². The average Bonchev–Trinajstić information content (AvgIpc) is 2.68. The van der Waals surface area contributed by atoms with Crippen molar-refractivity contribution in [2.75, 3.05) is 26.2 Å². The van der Waals surface area contributed by atoms with Gasteiger partial charge in [-0.15, -0.1) is 0 Å². The molecule has 0 radical (unpaired) electrons. The summed E-state index contributed by atoms with van der Waals surface area (Å²) in [7, 11) is 0. The molecule has 0 saturated carbocycles. The lowest BCUT2D eigenvalue weighted by Gasteiger charge is -2.39. The van der Waals surface area contributed by atoms with Gasteiger partial charge < -0.3 is 10.2 Å². The van der Waals surface area contributed by atoms with Crippen LogP contribution >= 0.6 is 0 Å². The number of nitrogens with zero attached hydrogens (tertiary/aromatic N) is 2. The number of hydrogen-bond donors (Lipinski definition) is 1. The Balaban J connectivity index is 1.41. The second-order valence-electron chi connectivity index (χ2n) is 8.77. The van der Waals surface area contributed by atoms with E-state index in [1.165, 1.54) is 11.1 Å². The van der Waals surface area contributed by atoms with E-state index in [2.05, 4.69) is 48.3 Å². The Kier molecular flexibility index (Phi) is 7.11. The number of likely N-dealkylation sites (tertiary alicyclic amines) is 1. The van der Waals surface area contributed by atoms with Crippen LogP contribution < -0.4 is 5.32 Å². The maximum Gasteiger partial charge on any atom is 0.225 e. The van der Waals surface area contributed by atoms with Crippen molar-refractivity contribution in [3.05, 3.63) is 35.4 Å². The number of amides is 2. The topological polar surface area (TPSA) is 52.7 Å². The van der Waals surface area contributed by atoms with E-state index in [0.717, 1.165) is 39.0 Å². The van der Waals surface area contributed by atoms with Crippen molar-refractivity contribution in [1.29, 1.82) is 0 Å². The maximum absolute atomic E-state index is 12.7. The molecule has 1 aromatic carbocycles. The monoisotopic (exact) mass is 385 g/mol. The molecule has 28 heavy (non-hydrogen) atoms.